The molecule has 2 heterocycles. The van der Waals surface area contributed by atoms with Gasteiger partial charge in [-0.3, -0.25) is 0 Å². The number of fused-ring (bicyclic) bond motifs is 2. The van der Waals surface area contributed by atoms with Crippen molar-refractivity contribution in [3.8, 4) is 0 Å². The summed E-state index contributed by atoms with van der Waals surface area (Å²) in [5, 5.41) is 0. The van der Waals surface area contributed by atoms with Gasteiger partial charge < -0.3 is 20.3 Å². The second-order valence-corrected chi connectivity index (χ2v) is 8.42. The molecule has 4 rings (SSSR count). The second kappa shape index (κ2) is 5.30. The first kappa shape index (κ1) is 15.6. The third-order valence-electron chi connectivity index (χ3n) is 5.29. The van der Waals surface area contributed by atoms with E-state index in [-0.39, 0.29) is 12.1 Å². The maximum absolute atomic E-state index is 12.4. The van der Waals surface area contributed by atoms with Gasteiger partial charge in [0.15, 0.2) is 0 Å². The molecule has 2 N–H and O–H groups in total. The van der Waals surface area contributed by atoms with Gasteiger partial charge >= 0.3 is 6.09 Å². The van der Waals surface area contributed by atoms with Crippen molar-refractivity contribution in [3.63, 3.8) is 0 Å². The van der Waals surface area contributed by atoms with E-state index in [1.54, 1.807) is 0 Å². The van der Waals surface area contributed by atoms with E-state index in [1.807, 2.05) is 31.7 Å². The lowest BCUT2D eigenvalue weighted by Gasteiger charge is -2.36. The van der Waals surface area contributed by atoms with E-state index >= 15 is 0 Å². The summed E-state index contributed by atoms with van der Waals surface area (Å²) < 4.78 is 5.54. The maximum atomic E-state index is 12.4. The average molecular weight is 329 g/mol. The molecule has 1 saturated carbocycles. The zero-order valence-electron chi connectivity index (χ0n) is 14.8. The van der Waals surface area contributed by atoms with Crippen LogP contribution in [0.25, 0.3) is 0 Å². The molecule has 2 atom stereocenters. The summed E-state index contributed by atoms with van der Waals surface area (Å²) in [4.78, 5) is 16.7. The number of carbonyl (C=O) groups excluding carboxylic acids is 1. The minimum Gasteiger partial charge on any atom is -0.444 e. The standard InChI is InChI=1S/C19H27N3O2/c1-19(2,3)24-18(23)22-11-14-8-15(22)10-21(14)13-6-7-17(20)16(9-13)12-4-5-12/h6-7,9,12,14-15H,4-5,8,10-11,20H2,1-3H3/t14-,15-/m0/s1. The summed E-state index contributed by atoms with van der Waals surface area (Å²) in [6.45, 7) is 7.39. The van der Waals surface area contributed by atoms with Crippen LogP contribution >= 0.6 is 0 Å². The van der Waals surface area contributed by atoms with Crippen molar-refractivity contribution < 1.29 is 9.53 Å². The molecule has 1 amide bonds. The van der Waals surface area contributed by atoms with Crippen LogP contribution in [0.5, 0.6) is 0 Å². The fourth-order valence-corrected chi connectivity index (χ4v) is 4.02. The molecular formula is C19H27N3O2. The Morgan fingerprint density at radius 1 is 1.21 bits per heavy atom. The number of likely N-dealkylation sites (tertiary alicyclic amines) is 1. The number of anilines is 2. The Bertz CT molecular complexity index is 663. The van der Waals surface area contributed by atoms with Crippen LogP contribution in [-0.2, 0) is 4.74 Å². The predicted octanol–water partition coefficient (Wildman–Crippen LogP) is 3.34. The summed E-state index contributed by atoms with van der Waals surface area (Å²) in [7, 11) is 0. The lowest BCUT2D eigenvalue weighted by atomic mass is 10.1. The predicted molar refractivity (Wildman–Crippen MR) is 95.3 cm³/mol. The van der Waals surface area contributed by atoms with Crippen molar-refractivity contribution in [1.82, 2.24) is 4.90 Å². The molecule has 5 heteroatoms. The highest BCUT2D eigenvalue weighted by Gasteiger charge is 2.46. The zero-order chi connectivity index (χ0) is 17.1. The molecule has 5 nitrogen and oxygen atoms in total. The highest BCUT2D eigenvalue weighted by molar-refractivity contribution is 5.71. The normalized spacial score (nSPS) is 26.1. The van der Waals surface area contributed by atoms with Crippen LogP contribution in [-0.4, -0.2) is 41.8 Å². The number of hydrogen-bond acceptors (Lipinski definition) is 4. The first-order chi connectivity index (χ1) is 11.3. The van der Waals surface area contributed by atoms with Gasteiger partial charge in [-0.05, 0) is 69.7 Å². The molecule has 0 unspecified atom stereocenters. The van der Waals surface area contributed by atoms with E-state index < -0.39 is 5.60 Å². The van der Waals surface area contributed by atoms with Gasteiger partial charge in [-0.1, -0.05) is 0 Å². The van der Waals surface area contributed by atoms with Crippen LogP contribution in [0.2, 0.25) is 0 Å². The molecule has 130 valence electrons. The molecule has 1 aromatic carbocycles. The lowest BCUT2D eigenvalue weighted by molar-refractivity contribution is 0.0215. The Morgan fingerprint density at radius 2 is 1.96 bits per heavy atom. The third-order valence-corrected chi connectivity index (χ3v) is 5.29. The van der Waals surface area contributed by atoms with Crippen molar-refractivity contribution in [2.75, 3.05) is 23.7 Å². The molecule has 24 heavy (non-hydrogen) atoms. The SMILES string of the molecule is CC(C)(C)OC(=O)N1C[C@@H]2C[C@H]1CN2c1ccc(N)c(C2CC2)c1. The fraction of sp³-hybridized carbons (Fsp3) is 0.632. The van der Waals surface area contributed by atoms with Gasteiger partial charge in [0.2, 0.25) is 0 Å². The Balaban J connectivity index is 1.47. The molecule has 2 bridgehead atoms. The number of nitrogens with zero attached hydrogens (tertiary/aromatic N) is 2. The average Bonchev–Trinajstić information content (AvgIpc) is 3.14. The van der Waals surface area contributed by atoms with Crippen molar-refractivity contribution >= 4 is 17.5 Å². The van der Waals surface area contributed by atoms with Crippen molar-refractivity contribution in [2.24, 2.45) is 0 Å². The van der Waals surface area contributed by atoms with E-state index in [4.69, 9.17) is 10.5 Å². The Hall–Kier alpha value is -1.91. The number of carbonyl (C=O) groups is 1. The quantitative estimate of drug-likeness (QED) is 0.846. The summed E-state index contributed by atoms with van der Waals surface area (Å²) >= 11 is 0. The van der Waals surface area contributed by atoms with Crippen LogP contribution in [0.15, 0.2) is 18.2 Å². The monoisotopic (exact) mass is 329 g/mol. The lowest BCUT2D eigenvalue weighted by Crippen LogP contribution is -2.50. The molecule has 0 radical (unpaired) electrons. The Kier molecular flexibility index (Phi) is 3.44. The van der Waals surface area contributed by atoms with Gasteiger partial charge in [0.25, 0.3) is 0 Å². The second-order valence-electron chi connectivity index (χ2n) is 8.42. The number of nitrogen functional groups attached to an aromatic ring is 1. The number of benzene rings is 1. The zero-order valence-corrected chi connectivity index (χ0v) is 14.8. The summed E-state index contributed by atoms with van der Waals surface area (Å²) in [6.07, 6.45) is 3.37. The fourth-order valence-electron chi connectivity index (χ4n) is 4.02. The van der Waals surface area contributed by atoms with Crippen LogP contribution in [0.4, 0.5) is 16.2 Å². The highest BCUT2D eigenvalue weighted by Crippen LogP contribution is 2.45. The molecule has 0 aromatic heterocycles. The van der Waals surface area contributed by atoms with Crippen molar-refractivity contribution in [3.05, 3.63) is 23.8 Å². The number of piperazine rings is 1. The summed E-state index contributed by atoms with van der Waals surface area (Å²) in [5.41, 5.74) is 9.18. The van der Waals surface area contributed by atoms with E-state index in [2.05, 4.69) is 17.0 Å². The van der Waals surface area contributed by atoms with Crippen LogP contribution in [0, 0.1) is 0 Å². The number of ether oxygens (including phenoxy) is 1. The molecule has 3 fully saturated rings. The topological polar surface area (TPSA) is 58.8 Å². The smallest absolute Gasteiger partial charge is 0.410 e. The van der Waals surface area contributed by atoms with Gasteiger partial charge in [-0.25, -0.2) is 4.79 Å². The van der Waals surface area contributed by atoms with E-state index in [0.29, 0.717) is 12.0 Å². The largest absolute Gasteiger partial charge is 0.444 e. The minimum atomic E-state index is -0.436. The first-order valence-corrected chi connectivity index (χ1v) is 8.97. The van der Waals surface area contributed by atoms with Crippen molar-refractivity contribution in [1.29, 1.82) is 0 Å². The number of nitrogens with two attached hydrogens (primary N) is 1. The van der Waals surface area contributed by atoms with E-state index in [0.717, 1.165) is 25.2 Å². The Morgan fingerprint density at radius 3 is 2.54 bits per heavy atom. The number of rotatable bonds is 2. The summed E-state index contributed by atoms with van der Waals surface area (Å²) in [5.74, 6) is 0.656. The minimum absolute atomic E-state index is 0.175. The van der Waals surface area contributed by atoms with Gasteiger partial charge in [-0.2, -0.15) is 0 Å². The van der Waals surface area contributed by atoms with Gasteiger partial charge in [-0.15, -0.1) is 0 Å². The van der Waals surface area contributed by atoms with Crippen LogP contribution in [0.1, 0.15) is 51.5 Å². The highest BCUT2D eigenvalue weighted by atomic mass is 16.6. The summed E-state index contributed by atoms with van der Waals surface area (Å²) in [6, 6.07) is 7.08. The molecule has 1 aliphatic carbocycles. The molecule has 2 aliphatic heterocycles. The number of amides is 1. The first-order valence-electron chi connectivity index (χ1n) is 8.97. The Labute approximate surface area is 143 Å². The van der Waals surface area contributed by atoms with E-state index in [9.17, 15) is 4.79 Å². The van der Waals surface area contributed by atoms with Gasteiger partial charge in [0.1, 0.15) is 5.60 Å². The molecule has 1 aromatic rings. The molecule has 3 aliphatic rings. The number of hydrogen-bond donors (Lipinski definition) is 1. The third kappa shape index (κ3) is 2.80. The maximum Gasteiger partial charge on any atom is 0.410 e. The van der Waals surface area contributed by atoms with Crippen molar-refractivity contribution in [2.45, 2.75) is 63.6 Å². The van der Waals surface area contributed by atoms with Crippen LogP contribution < -0.4 is 10.6 Å². The molecule has 2 saturated heterocycles. The van der Waals surface area contributed by atoms with Gasteiger partial charge in [0, 0.05) is 30.5 Å². The van der Waals surface area contributed by atoms with Crippen LogP contribution in [0.3, 0.4) is 0 Å². The molecule has 0 spiro atoms. The van der Waals surface area contributed by atoms with Gasteiger partial charge in [0.05, 0.1) is 6.04 Å². The van der Waals surface area contributed by atoms with E-state index in [1.165, 1.54) is 24.1 Å². The molecular weight excluding hydrogens is 302 g/mol.